The van der Waals surface area contributed by atoms with Crippen LogP contribution < -0.4 is 0 Å². The molecule has 24 heavy (non-hydrogen) atoms. The van der Waals surface area contributed by atoms with Gasteiger partial charge in [0.25, 0.3) is 0 Å². The van der Waals surface area contributed by atoms with Crippen LogP contribution in [0.25, 0.3) is 0 Å². The highest BCUT2D eigenvalue weighted by molar-refractivity contribution is 6.48. The fraction of sp³-hybridized carbons (Fsp3) is 0.400. The SMILES string of the molecule is O=C(OCCOC(=O)C(Cl)=C(Cl)C(F)(F)F)C(Cl)=C(Cl)C(F)(F)F. The van der Waals surface area contributed by atoms with Crippen molar-refractivity contribution in [2.75, 3.05) is 13.2 Å². The molecule has 0 aliphatic rings. The van der Waals surface area contributed by atoms with Crippen LogP contribution in [0.15, 0.2) is 20.1 Å². The van der Waals surface area contributed by atoms with E-state index in [9.17, 15) is 35.9 Å². The molecule has 0 aromatic carbocycles. The van der Waals surface area contributed by atoms with Crippen LogP contribution in [0.3, 0.4) is 0 Å². The minimum Gasteiger partial charge on any atom is -0.458 e. The van der Waals surface area contributed by atoms with E-state index < -0.39 is 57.6 Å². The van der Waals surface area contributed by atoms with E-state index in [0.717, 1.165) is 0 Å². The highest BCUT2D eigenvalue weighted by Crippen LogP contribution is 2.34. The standard InChI is InChI=1S/C10H4Cl4F6O4/c11-3(5(13)9(15,16)17)7(21)23-1-2-24-8(22)4(12)6(14)10(18,19)20/h1-2H2. The van der Waals surface area contributed by atoms with E-state index in [0.29, 0.717) is 0 Å². The summed E-state index contributed by atoms with van der Waals surface area (Å²) >= 11 is 19.6. The summed E-state index contributed by atoms with van der Waals surface area (Å²) in [7, 11) is 0. The minimum absolute atomic E-state index is 0.837. The third-order valence-electron chi connectivity index (χ3n) is 1.79. The van der Waals surface area contributed by atoms with E-state index in [-0.39, 0.29) is 0 Å². The molecule has 0 aromatic heterocycles. The molecule has 0 N–H and O–H groups in total. The molecule has 0 spiro atoms. The number of ether oxygens (including phenoxy) is 2. The van der Waals surface area contributed by atoms with Gasteiger partial charge in [-0.05, 0) is 0 Å². The van der Waals surface area contributed by atoms with Gasteiger partial charge in [0.15, 0.2) is 0 Å². The predicted octanol–water partition coefficient (Wildman–Crippen LogP) is 4.58. The molecule has 0 rings (SSSR count). The van der Waals surface area contributed by atoms with Crippen molar-refractivity contribution in [3.05, 3.63) is 20.1 Å². The zero-order chi connectivity index (χ0) is 19.3. The summed E-state index contributed by atoms with van der Waals surface area (Å²) in [6.45, 7) is -1.67. The number of esters is 2. The van der Waals surface area contributed by atoms with E-state index in [1.807, 2.05) is 0 Å². The summed E-state index contributed by atoms with van der Waals surface area (Å²) < 4.78 is 81.2. The summed E-state index contributed by atoms with van der Waals surface area (Å²) in [5.41, 5.74) is 0. The second-order valence-corrected chi connectivity index (χ2v) is 5.04. The van der Waals surface area contributed by atoms with Crippen LogP contribution in [0, 0.1) is 0 Å². The van der Waals surface area contributed by atoms with Crippen molar-refractivity contribution in [3.8, 4) is 0 Å². The lowest BCUT2D eigenvalue weighted by Gasteiger charge is -2.09. The Morgan fingerprint density at radius 2 is 0.917 bits per heavy atom. The zero-order valence-corrected chi connectivity index (χ0v) is 13.9. The van der Waals surface area contributed by atoms with Gasteiger partial charge >= 0.3 is 24.3 Å². The van der Waals surface area contributed by atoms with Crippen LogP contribution in [0.5, 0.6) is 0 Å². The highest BCUT2D eigenvalue weighted by Gasteiger charge is 2.38. The van der Waals surface area contributed by atoms with Crippen LogP contribution in [0.2, 0.25) is 0 Å². The Labute approximate surface area is 149 Å². The number of hydrogen-bond acceptors (Lipinski definition) is 4. The van der Waals surface area contributed by atoms with Gasteiger partial charge in [-0.2, -0.15) is 26.3 Å². The van der Waals surface area contributed by atoms with Crippen LogP contribution in [0.4, 0.5) is 26.3 Å². The van der Waals surface area contributed by atoms with Crippen LogP contribution in [-0.4, -0.2) is 37.5 Å². The molecule has 14 heteroatoms. The Balaban J connectivity index is 4.57. The Bertz CT molecular complexity index is 517. The topological polar surface area (TPSA) is 52.6 Å². The van der Waals surface area contributed by atoms with Gasteiger partial charge in [0.2, 0.25) is 0 Å². The van der Waals surface area contributed by atoms with Crippen molar-refractivity contribution >= 4 is 58.3 Å². The third kappa shape index (κ3) is 7.37. The number of rotatable bonds is 5. The van der Waals surface area contributed by atoms with E-state index in [1.54, 1.807) is 0 Å². The maximum Gasteiger partial charge on any atom is 0.428 e. The van der Waals surface area contributed by atoms with Crippen molar-refractivity contribution < 1.29 is 45.4 Å². The first-order valence-corrected chi connectivity index (χ1v) is 6.80. The van der Waals surface area contributed by atoms with Gasteiger partial charge in [0.1, 0.15) is 33.3 Å². The van der Waals surface area contributed by atoms with Crippen LogP contribution in [-0.2, 0) is 19.1 Å². The number of carbonyl (C=O) groups excluding carboxylic acids is 2. The van der Waals surface area contributed by atoms with E-state index in [2.05, 4.69) is 9.47 Å². The van der Waals surface area contributed by atoms with Crippen molar-refractivity contribution in [3.63, 3.8) is 0 Å². The molecule has 0 radical (unpaired) electrons. The molecule has 0 saturated carbocycles. The zero-order valence-electron chi connectivity index (χ0n) is 10.8. The lowest BCUT2D eigenvalue weighted by Crippen LogP contribution is -2.18. The molecule has 0 aliphatic heterocycles. The second kappa shape index (κ2) is 9.02. The quantitative estimate of drug-likeness (QED) is 0.270. The number of hydrogen-bond donors (Lipinski definition) is 0. The smallest absolute Gasteiger partial charge is 0.428 e. The summed E-state index contributed by atoms with van der Waals surface area (Å²) in [5.74, 6) is -3.38. The molecule has 0 aromatic rings. The van der Waals surface area contributed by atoms with Crippen molar-refractivity contribution in [2.45, 2.75) is 12.4 Å². The Kier molecular flexibility index (Phi) is 8.71. The Morgan fingerprint density at radius 3 is 1.12 bits per heavy atom. The number of carbonyl (C=O) groups is 2. The molecular weight excluding hydrogens is 440 g/mol. The first kappa shape index (κ1) is 23.2. The van der Waals surface area contributed by atoms with Gasteiger partial charge in [-0.1, -0.05) is 46.4 Å². The largest absolute Gasteiger partial charge is 0.458 e. The van der Waals surface area contributed by atoms with Gasteiger partial charge in [-0.25, -0.2) is 9.59 Å². The van der Waals surface area contributed by atoms with Gasteiger partial charge in [0.05, 0.1) is 0 Å². The average molecular weight is 444 g/mol. The normalized spacial score (nSPS) is 14.6. The Hall–Kier alpha value is -0.840. The van der Waals surface area contributed by atoms with Crippen LogP contribution >= 0.6 is 46.4 Å². The monoisotopic (exact) mass is 442 g/mol. The number of alkyl halides is 6. The molecule has 0 heterocycles. The maximum atomic E-state index is 12.1. The highest BCUT2D eigenvalue weighted by atomic mass is 35.5. The maximum absolute atomic E-state index is 12.1. The first-order valence-electron chi connectivity index (χ1n) is 5.28. The van der Waals surface area contributed by atoms with E-state index >= 15 is 0 Å². The first-order chi connectivity index (χ1) is 10.7. The molecule has 0 atom stereocenters. The fourth-order valence-electron chi connectivity index (χ4n) is 0.824. The van der Waals surface area contributed by atoms with E-state index in [4.69, 9.17) is 46.4 Å². The van der Waals surface area contributed by atoms with Gasteiger partial charge < -0.3 is 9.47 Å². The average Bonchev–Trinajstić information content (AvgIpc) is 2.45. The van der Waals surface area contributed by atoms with Gasteiger partial charge in [-0.3, -0.25) is 0 Å². The number of halogens is 10. The van der Waals surface area contributed by atoms with E-state index in [1.165, 1.54) is 0 Å². The fourth-order valence-corrected chi connectivity index (χ4v) is 1.30. The summed E-state index contributed by atoms with van der Waals surface area (Å²) in [5, 5.41) is -6.83. The molecule has 138 valence electrons. The third-order valence-corrected chi connectivity index (χ3v) is 3.48. The van der Waals surface area contributed by atoms with Gasteiger partial charge in [-0.15, -0.1) is 0 Å². The van der Waals surface area contributed by atoms with Crippen molar-refractivity contribution in [2.24, 2.45) is 0 Å². The predicted molar refractivity (Wildman–Crippen MR) is 71.5 cm³/mol. The second-order valence-electron chi connectivity index (χ2n) is 3.52. The molecule has 0 unspecified atom stereocenters. The molecular formula is C10H4Cl4F6O4. The minimum atomic E-state index is -5.09. The van der Waals surface area contributed by atoms with Crippen molar-refractivity contribution in [1.82, 2.24) is 0 Å². The van der Waals surface area contributed by atoms with Crippen molar-refractivity contribution in [1.29, 1.82) is 0 Å². The molecule has 0 fully saturated rings. The lowest BCUT2D eigenvalue weighted by atomic mass is 10.4. The van der Waals surface area contributed by atoms with Crippen LogP contribution in [0.1, 0.15) is 0 Å². The van der Waals surface area contributed by atoms with Gasteiger partial charge in [0, 0.05) is 0 Å². The summed E-state index contributed by atoms with van der Waals surface area (Å²) in [4.78, 5) is 22.2. The molecule has 0 amide bonds. The molecule has 0 saturated heterocycles. The summed E-state index contributed by atoms with van der Waals surface area (Å²) in [6.07, 6.45) is -10.2. The molecule has 0 bridgehead atoms. The molecule has 0 aliphatic carbocycles. The lowest BCUT2D eigenvalue weighted by molar-refractivity contribution is -0.147. The molecule has 4 nitrogen and oxygen atoms in total. The Morgan fingerprint density at radius 1 is 0.667 bits per heavy atom. The number of allylic oxidation sites excluding steroid dienone is 2. The summed E-state index contributed by atoms with van der Waals surface area (Å²) in [6, 6.07) is 0.